The van der Waals surface area contributed by atoms with Gasteiger partial charge in [0, 0.05) is 27.2 Å². The third kappa shape index (κ3) is 12.3. The minimum Gasteiger partial charge on any atom is -0.508 e. The summed E-state index contributed by atoms with van der Waals surface area (Å²) in [5, 5.41) is 19.7. The van der Waals surface area contributed by atoms with Gasteiger partial charge in [-0.25, -0.2) is 13.2 Å². The van der Waals surface area contributed by atoms with Crippen LogP contribution < -0.4 is 0 Å². The normalized spacial score (nSPS) is 15.0. The van der Waals surface area contributed by atoms with Gasteiger partial charge in [-0.05, 0) is 148 Å². The van der Waals surface area contributed by atoms with E-state index in [-0.39, 0.29) is 6.42 Å². The van der Waals surface area contributed by atoms with Crippen LogP contribution >= 0.6 is 11.8 Å². The Labute approximate surface area is 279 Å². The van der Waals surface area contributed by atoms with Crippen LogP contribution in [0.2, 0.25) is 0 Å². The number of methoxy groups -OCH3 is 1. The second-order valence-corrected chi connectivity index (χ2v) is 14.1. The molecule has 0 heterocycles. The summed E-state index contributed by atoms with van der Waals surface area (Å²) in [6.45, 7) is 5.43. The van der Waals surface area contributed by atoms with Crippen LogP contribution in [0.1, 0.15) is 107 Å². The van der Waals surface area contributed by atoms with E-state index in [9.17, 15) is 23.5 Å². The van der Waals surface area contributed by atoms with Crippen LogP contribution in [0.5, 0.6) is 5.75 Å². The van der Waals surface area contributed by atoms with E-state index in [2.05, 4.69) is 23.1 Å². The zero-order valence-electron chi connectivity index (χ0n) is 28.1. The van der Waals surface area contributed by atoms with Gasteiger partial charge < -0.3 is 14.7 Å². The summed E-state index contributed by atoms with van der Waals surface area (Å²) in [6.07, 6.45) is 10.7. The molecule has 1 N–H and O–H groups in total. The van der Waals surface area contributed by atoms with Crippen molar-refractivity contribution in [1.82, 2.24) is 4.90 Å². The largest absolute Gasteiger partial charge is 0.508 e. The molecular formula is C38H53F3N2O2S. The highest BCUT2D eigenvalue weighted by Gasteiger charge is 2.45. The second-order valence-electron chi connectivity index (χ2n) is 12.9. The number of allylic oxidation sites excluding steroid dienone is 2. The Morgan fingerprint density at radius 2 is 1.65 bits per heavy atom. The fourth-order valence-electron chi connectivity index (χ4n) is 6.21. The van der Waals surface area contributed by atoms with Crippen molar-refractivity contribution in [2.75, 3.05) is 44.9 Å². The molecule has 46 heavy (non-hydrogen) atoms. The molecule has 0 amide bonds. The summed E-state index contributed by atoms with van der Waals surface area (Å²) in [7, 11) is 1.73. The number of alkyl halides is 3. The molecule has 0 fully saturated rings. The number of phenols is 1. The Kier molecular flexibility index (Phi) is 16.0. The van der Waals surface area contributed by atoms with Gasteiger partial charge in [0.25, 0.3) is 5.92 Å². The molecule has 3 rings (SSSR count). The van der Waals surface area contributed by atoms with E-state index in [4.69, 9.17) is 4.74 Å². The van der Waals surface area contributed by atoms with Gasteiger partial charge in [0.05, 0.1) is 11.6 Å². The number of rotatable bonds is 21. The van der Waals surface area contributed by atoms with Crippen molar-refractivity contribution in [1.29, 1.82) is 5.26 Å². The number of nitriles is 1. The SMILES string of the molecule is COCCCN(CCCCCCC1=C(c2cccc(C#N)c2)CCCc2cc(O)ccc21)CCCSCCCC(C)(F)C(C)(F)F. The molecule has 1 unspecified atom stereocenters. The highest BCUT2D eigenvalue weighted by molar-refractivity contribution is 7.99. The molecule has 2 aromatic carbocycles. The number of benzene rings is 2. The van der Waals surface area contributed by atoms with E-state index in [1.54, 1.807) is 24.9 Å². The highest BCUT2D eigenvalue weighted by Crippen LogP contribution is 2.40. The maximum absolute atomic E-state index is 14.1. The first-order chi connectivity index (χ1) is 22.1. The van der Waals surface area contributed by atoms with E-state index < -0.39 is 11.6 Å². The molecule has 8 heteroatoms. The molecule has 1 aliphatic carbocycles. The molecule has 0 saturated heterocycles. The fourth-order valence-corrected chi connectivity index (χ4v) is 7.09. The topological polar surface area (TPSA) is 56.5 Å². The molecule has 1 atom stereocenters. The zero-order chi connectivity index (χ0) is 33.4. The Morgan fingerprint density at radius 3 is 2.41 bits per heavy atom. The maximum atomic E-state index is 14.1. The minimum absolute atomic E-state index is 0.115. The Bertz CT molecular complexity index is 1290. The van der Waals surface area contributed by atoms with Crippen molar-refractivity contribution in [2.45, 2.75) is 102 Å². The Hall–Kier alpha value is -2.47. The van der Waals surface area contributed by atoms with E-state index >= 15 is 0 Å². The molecule has 1 aliphatic rings. The predicted molar refractivity (Wildman–Crippen MR) is 186 cm³/mol. The van der Waals surface area contributed by atoms with Crippen LogP contribution in [-0.4, -0.2) is 66.5 Å². The summed E-state index contributed by atoms with van der Waals surface area (Å²) in [6, 6.07) is 16.0. The number of fused-ring (bicyclic) bond motifs is 1. The van der Waals surface area contributed by atoms with Crippen molar-refractivity contribution < 1.29 is 23.0 Å². The lowest BCUT2D eigenvalue weighted by Gasteiger charge is -2.27. The Morgan fingerprint density at radius 1 is 0.913 bits per heavy atom. The molecule has 0 bridgehead atoms. The maximum Gasteiger partial charge on any atom is 0.278 e. The number of aromatic hydroxyl groups is 1. The van der Waals surface area contributed by atoms with Gasteiger partial charge in [-0.2, -0.15) is 17.0 Å². The molecule has 2 aromatic rings. The monoisotopic (exact) mass is 658 g/mol. The highest BCUT2D eigenvalue weighted by atomic mass is 32.2. The molecule has 254 valence electrons. The average molecular weight is 659 g/mol. The number of unbranched alkanes of at least 4 members (excludes halogenated alkanes) is 3. The summed E-state index contributed by atoms with van der Waals surface area (Å²) >= 11 is 1.72. The van der Waals surface area contributed by atoms with Crippen LogP contribution in [-0.2, 0) is 11.2 Å². The number of ether oxygens (including phenoxy) is 1. The van der Waals surface area contributed by atoms with Crippen LogP contribution in [0, 0.1) is 11.3 Å². The van der Waals surface area contributed by atoms with Gasteiger partial charge >= 0.3 is 0 Å². The summed E-state index contributed by atoms with van der Waals surface area (Å²) in [5.41, 5.74) is 4.47. The summed E-state index contributed by atoms with van der Waals surface area (Å²) < 4.78 is 46.1. The lowest BCUT2D eigenvalue weighted by Crippen LogP contribution is -2.38. The average Bonchev–Trinajstić information content (AvgIpc) is 3.20. The standard InChI is InChI=1S/C38H53F3N2O2S/c1-37(39,38(2,40)41)20-10-25-46-26-12-23-43(22-11-24-45-3)21-7-5-4-6-16-36-34(31-14-8-13-30(27-31)29-42)17-9-15-32-28-33(44)18-19-35(32)36/h8,13-14,18-19,27-28,44H,4-7,9-12,15-17,20-26H2,1-3H3. The van der Waals surface area contributed by atoms with Crippen LogP contribution in [0.3, 0.4) is 0 Å². The molecule has 0 aliphatic heterocycles. The quantitative estimate of drug-likeness (QED) is 0.135. The smallest absolute Gasteiger partial charge is 0.278 e. The van der Waals surface area contributed by atoms with Crippen molar-refractivity contribution in [3.63, 3.8) is 0 Å². The van der Waals surface area contributed by atoms with Crippen LogP contribution in [0.25, 0.3) is 11.1 Å². The summed E-state index contributed by atoms with van der Waals surface area (Å²) in [4.78, 5) is 2.51. The first-order valence-corrected chi connectivity index (χ1v) is 18.1. The van der Waals surface area contributed by atoms with Crippen molar-refractivity contribution in [2.24, 2.45) is 0 Å². The van der Waals surface area contributed by atoms with Crippen LogP contribution in [0.15, 0.2) is 42.5 Å². The lowest BCUT2D eigenvalue weighted by molar-refractivity contribution is -0.117. The Balaban J connectivity index is 1.49. The molecule has 0 aromatic heterocycles. The minimum atomic E-state index is -3.31. The lowest BCUT2D eigenvalue weighted by atomic mass is 9.88. The molecule has 0 spiro atoms. The number of thioether (sulfide) groups is 1. The molecule has 0 saturated carbocycles. The third-order valence-electron chi connectivity index (χ3n) is 9.08. The van der Waals surface area contributed by atoms with Crippen LogP contribution in [0.4, 0.5) is 13.2 Å². The number of nitrogens with zero attached hydrogens (tertiary/aromatic N) is 2. The van der Waals surface area contributed by atoms with E-state index in [1.807, 2.05) is 24.3 Å². The van der Waals surface area contributed by atoms with E-state index in [1.165, 1.54) is 22.3 Å². The van der Waals surface area contributed by atoms with E-state index in [0.717, 1.165) is 109 Å². The number of hydrogen-bond acceptors (Lipinski definition) is 5. The van der Waals surface area contributed by atoms with Gasteiger partial charge in [-0.15, -0.1) is 0 Å². The molecule has 0 radical (unpaired) electrons. The number of halogens is 3. The fraction of sp³-hybridized carbons (Fsp3) is 0.605. The number of hydrogen-bond donors (Lipinski definition) is 1. The van der Waals surface area contributed by atoms with Gasteiger partial charge in [-0.3, -0.25) is 0 Å². The second kappa shape index (κ2) is 19.4. The van der Waals surface area contributed by atoms with Crippen molar-refractivity contribution >= 4 is 22.9 Å². The third-order valence-corrected chi connectivity index (χ3v) is 10.2. The van der Waals surface area contributed by atoms with Gasteiger partial charge in [-0.1, -0.05) is 31.0 Å². The van der Waals surface area contributed by atoms with Crippen molar-refractivity contribution in [3.05, 3.63) is 64.7 Å². The molecule has 4 nitrogen and oxygen atoms in total. The van der Waals surface area contributed by atoms with Gasteiger partial charge in [0.1, 0.15) is 5.75 Å². The first-order valence-electron chi connectivity index (χ1n) is 17.0. The number of phenolic OH excluding ortho intramolecular Hbond substituents is 1. The predicted octanol–water partition coefficient (Wildman–Crippen LogP) is 10.1. The molecular weight excluding hydrogens is 605 g/mol. The van der Waals surface area contributed by atoms with Gasteiger partial charge in [0.15, 0.2) is 5.67 Å². The van der Waals surface area contributed by atoms with Gasteiger partial charge in [0.2, 0.25) is 0 Å². The van der Waals surface area contributed by atoms with E-state index in [0.29, 0.717) is 30.4 Å². The van der Waals surface area contributed by atoms with Crippen molar-refractivity contribution in [3.8, 4) is 11.8 Å². The zero-order valence-corrected chi connectivity index (χ0v) is 28.9. The first kappa shape index (κ1) is 38.0. The number of aryl methyl sites for hydroxylation is 1. The summed E-state index contributed by atoms with van der Waals surface area (Å²) in [5.74, 6) is -1.35.